The Bertz CT molecular complexity index is 687. The highest BCUT2D eigenvalue weighted by atomic mass is 35.5. The molecule has 1 aromatic heterocycles. The smallest absolute Gasteiger partial charge is 0.175 e. The lowest BCUT2D eigenvalue weighted by atomic mass is 9.98. The zero-order valence-corrected chi connectivity index (χ0v) is 15.6. The lowest BCUT2D eigenvalue weighted by Gasteiger charge is -2.40. The standard InChI is InChI=1S/C18H23ClN4S/c1-13-4-3-5-14(2)23(13)18(24)20-17-10-11-22(21-17)12-15-6-8-16(19)9-7-15/h6-11,13-14H,3-5,12H2,1-2H3,(H,20,21,24). The van der Waals surface area contributed by atoms with Crippen LogP contribution in [0, 0.1) is 0 Å². The maximum Gasteiger partial charge on any atom is 0.175 e. The number of aromatic nitrogens is 2. The summed E-state index contributed by atoms with van der Waals surface area (Å²) in [5.74, 6) is 0.791. The summed E-state index contributed by atoms with van der Waals surface area (Å²) >= 11 is 11.5. The maximum atomic E-state index is 5.92. The summed E-state index contributed by atoms with van der Waals surface area (Å²) in [7, 11) is 0. The molecule has 1 aromatic carbocycles. The van der Waals surface area contributed by atoms with Crippen LogP contribution in [-0.2, 0) is 6.54 Å². The molecule has 1 fully saturated rings. The van der Waals surface area contributed by atoms with Gasteiger partial charge in [-0.05, 0) is 63.0 Å². The fourth-order valence-electron chi connectivity index (χ4n) is 3.29. The summed E-state index contributed by atoms with van der Waals surface area (Å²) in [5.41, 5.74) is 1.16. The largest absolute Gasteiger partial charge is 0.344 e. The number of rotatable bonds is 3. The normalized spacial score (nSPS) is 20.9. The quantitative estimate of drug-likeness (QED) is 0.812. The van der Waals surface area contributed by atoms with Gasteiger partial charge in [0.25, 0.3) is 0 Å². The van der Waals surface area contributed by atoms with E-state index < -0.39 is 0 Å². The minimum Gasteiger partial charge on any atom is -0.344 e. The molecule has 0 amide bonds. The molecule has 2 atom stereocenters. The van der Waals surface area contributed by atoms with Gasteiger partial charge in [0.1, 0.15) is 0 Å². The van der Waals surface area contributed by atoms with Gasteiger partial charge in [0, 0.05) is 29.4 Å². The second-order valence-electron chi connectivity index (χ2n) is 6.49. The van der Waals surface area contributed by atoms with E-state index in [1.54, 1.807) is 0 Å². The molecule has 1 aliphatic heterocycles. The van der Waals surface area contributed by atoms with Crippen LogP contribution < -0.4 is 5.32 Å². The molecule has 2 heterocycles. The molecule has 1 aliphatic rings. The van der Waals surface area contributed by atoms with E-state index >= 15 is 0 Å². The Morgan fingerprint density at radius 3 is 2.54 bits per heavy atom. The summed E-state index contributed by atoms with van der Waals surface area (Å²) in [6.45, 7) is 5.19. The van der Waals surface area contributed by atoms with Gasteiger partial charge in [-0.2, -0.15) is 5.10 Å². The molecule has 0 radical (unpaired) electrons. The number of anilines is 1. The number of halogens is 1. The third kappa shape index (κ3) is 4.08. The second-order valence-corrected chi connectivity index (χ2v) is 7.31. The van der Waals surface area contributed by atoms with E-state index in [4.69, 9.17) is 23.8 Å². The molecular formula is C18H23ClN4S. The number of nitrogens with one attached hydrogen (secondary N) is 1. The predicted octanol–water partition coefficient (Wildman–Crippen LogP) is 4.54. The monoisotopic (exact) mass is 362 g/mol. The SMILES string of the molecule is CC1CCCC(C)N1C(=S)Nc1ccn(Cc2ccc(Cl)cc2)n1. The first-order valence-electron chi connectivity index (χ1n) is 8.40. The number of benzene rings is 1. The molecule has 1 N–H and O–H groups in total. The van der Waals surface area contributed by atoms with E-state index in [9.17, 15) is 0 Å². The van der Waals surface area contributed by atoms with Crippen molar-refractivity contribution in [3.05, 3.63) is 47.1 Å². The van der Waals surface area contributed by atoms with Gasteiger partial charge < -0.3 is 10.2 Å². The van der Waals surface area contributed by atoms with Crippen LogP contribution in [0.3, 0.4) is 0 Å². The molecule has 128 valence electrons. The van der Waals surface area contributed by atoms with E-state index in [0.717, 1.165) is 21.5 Å². The van der Waals surface area contributed by atoms with Crippen molar-refractivity contribution in [2.45, 2.75) is 51.7 Å². The third-order valence-electron chi connectivity index (χ3n) is 4.56. The summed E-state index contributed by atoms with van der Waals surface area (Å²) in [4.78, 5) is 2.30. The lowest BCUT2D eigenvalue weighted by Crippen LogP contribution is -2.49. The fourth-order valence-corrected chi connectivity index (χ4v) is 3.88. The average Bonchev–Trinajstić information content (AvgIpc) is 2.96. The van der Waals surface area contributed by atoms with Crippen molar-refractivity contribution in [2.24, 2.45) is 0 Å². The molecule has 24 heavy (non-hydrogen) atoms. The fraction of sp³-hybridized carbons (Fsp3) is 0.444. The van der Waals surface area contributed by atoms with Crippen molar-refractivity contribution in [1.29, 1.82) is 0 Å². The Labute approximate surface area is 153 Å². The van der Waals surface area contributed by atoms with Crippen LogP contribution in [0.5, 0.6) is 0 Å². The van der Waals surface area contributed by atoms with Crippen LogP contribution in [0.4, 0.5) is 5.82 Å². The molecule has 4 nitrogen and oxygen atoms in total. The summed E-state index contributed by atoms with van der Waals surface area (Å²) in [5, 5.41) is 9.38. The maximum absolute atomic E-state index is 5.92. The Balaban J connectivity index is 1.63. The molecular weight excluding hydrogens is 340 g/mol. The number of likely N-dealkylation sites (tertiary alicyclic amines) is 1. The Morgan fingerprint density at radius 1 is 1.21 bits per heavy atom. The zero-order valence-electron chi connectivity index (χ0n) is 14.1. The minimum atomic E-state index is 0.477. The molecule has 0 bridgehead atoms. The lowest BCUT2D eigenvalue weighted by molar-refractivity contribution is 0.194. The first kappa shape index (κ1) is 17.2. The third-order valence-corrected chi connectivity index (χ3v) is 5.13. The van der Waals surface area contributed by atoms with E-state index in [-0.39, 0.29) is 0 Å². The number of piperidine rings is 1. The number of thiocarbonyl (C=S) groups is 1. The Morgan fingerprint density at radius 2 is 1.88 bits per heavy atom. The summed E-state index contributed by atoms with van der Waals surface area (Å²) in [6, 6.07) is 10.7. The van der Waals surface area contributed by atoms with Crippen molar-refractivity contribution in [3.63, 3.8) is 0 Å². The van der Waals surface area contributed by atoms with Gasteiger partial charge in [-0.15, -0.1) is 0 Å². The van der Waals surface area contributed by atoms with Crippen molar-refractivity contribution in [1.82, 2.24) is 14.7 Å². The number of nitrogens with zero attached hydrogens (tertiary/aromatic N) is 3. The number of hydrogen-bond acceptors (Lipinski definition) is 2. The molecule has 6 heteroatoms. The van der Waals surface area contributed by atoms with Crippen LogP contribution in [0.25, 0.3) is 0 Å². The molecule has 0 saturated carbocycles. The van der Waals surface area contributed by atoms with E-state index in [1.165, 1.54) is 19.3 Å². The highest BCUT2D eigenvalue weighted by Gasteiger charge is 2.26. The van der Waals surface area contributed by atoms with E-state index in [0.29, 0.717) is 18.6 Å². The summed E-state index contributed by atoms with van der Waals surface area (Å²) < 4.78 is 1.90. The highest BCUT2D eigenvalue weighted by Crippen LogP contribution is 2.23. The number of hydrogen-bond donors (Lipinski definition) is 1. The molecule has 1 saturated heterocycles. The summed E-state index contributed by atoms with van der Waals surface area (Å²) in [6.07, 6.45) is 5.62. The Hall–Kier alpha value is -1.59. The van der Waals surface area contributed by atoms with Gasteiger partial charge in [0.15, 0.2) is 10.9 Å². The van der Waals surface area contributed by atoms with Crippen LogP contribution in [0.2, 0.25) is 5.02 Å². The van der Waals surface area contributed by atoms with Gasteiger partial charge >= 0.3 is 0 Å². The molecule has 3 rings (SSSR count). The molecule has 0 aliphatic carbocycles. The van der Waals surface area contributed by atoms with Crippen molar-refractivity contribution >= 4 is 34.7 Å². The van der Waals surface area contributed by atoms with Gasteiger partial charge in [0.2, 0.25) is 0 Å². The first-order valence-corrected chi connectivity index (χ1v) is 9.19. The zero-order chi connectivity index (χ0) is 17.1. The van der Waals surface area contributed by atoms with Gasteiger partial charge in [-0.1, -0.05) is 23.7 Å². The van der Waals surface area contributed by atoms with Gasteiger partial charge in [-0.25, -0.2) is 0 Å². The van der Waals surface area contributed by atoms with Gasteiger partial charge in [-0.3, -0.25) is 4.68 Å². The minimum absolute atomic E-state index is 0.477. The molecule has 2 aromatic rings. The van der Waals surface area contributed by atoms with Crippen LogP contribution in [0.1, 0.15) is 38.7 Å². The van der Waals surface area contributed by atoms with Crippen LogP contribution >= 0.6 is 23.8 Å². The average molecular weight is 363 g/mol. The van der Waals surface area contributed by atoms with Crippen molar-refractivity contribution in [2.75, 3.05) is 5.32 Å². The van der Waals surface area contributed by atoms with Gasteiger partial charge in [0.05, 0.1) is 6.54 Å². The van der Waals surface area contributed by atoms with Crippen LogP contribution in [0.15, 0.2) is 36.5 Å². The predicted molar refractivity (Wildman–Crippen MR) is 104 cm³/mol. The van der Waals surface area contributed by atoms with E-state index in [1.807, 2.05) is 41.2 Å². The van der Waals surface area contributed by atoms with Crippen molar-refractivity contribution < 1.29 is 0 Å². The molecule has 2 unspecified atom stereocenters. The van der Waals surface area contributed by atoms with Crippen molar-refractivity contribution in [3.8, 4) is 0 Å². The topological polar surface area (TPSA) is 33.1 Å². The second kappa shape index (κ2) is 7.53. The Kier molecular flexibility index (Phi) is 5.41. The van der Waals surface area contributed by atoms with E-state index in [2.05, 4.69) is 29.2 Å². The highest BCUT2D eigenvalue weighted by molar-refractivity contribution is 7.80. The molecule has 0 spiro atoms. The van der Waals surface area contributed by atoms with Crippen LogP contribution in [-0.4, -0.2) is 31.9 Å². The first-order chi connectivity index (χ1) is 11.5.